The largest absolute Gasteiger partial charge is 0.314 e. The molecule has 0 unspecified atom stereocenters. The van der Waals surface area contributed by atoms with E-state index in [1.807, 2.05) is 31.2 Å². The van der Waals surface area contributed by atoms with Gasteiger partial charge in [0.2, 0.25) is 5.78 Å². The summed E-state index contributed by atoms with van der Waals surface area (Å²) in [5.74, 6) is 0.758. The molecule has 23 heavy (non-hydrogen) atoms. The lowest BCUT2D eigenvalue weighted by atomic mass is 10.1. The molecule has 1 aromatic carbocycles. The van der Waals surface area contributed by atoms with E-state index >= 15 is 0 Å². The molecule has 120 valence electrons. The van der Waals surface area contributed by atoms with E-state index in [0.29, 0.717) is 0 Å². The first-order valence-corrected chi connectivity index (χ1v) is 8.44. The molecule has 5 nitrogen and oxygen atoms in total. The van der Waals surface area contributed by atoms with Gasteiger partial charge < -0.3 is 9.47 Å². The number of rotatable bonds is 3. The maximum absolute atomic E-state index is 12.4. The summed E-state index contributed by atoms with van der Waals surface area (Å²) < 4.78 is 3.91. The summed E-state index contributed by atoms with van der Waals surface area (Å²) >= 11 is 0. The molecule has 1 saturated heterocycles. The minimum absolute atomic E-state index is 0.000391. The normalized spacial score (nSPS) is 16.4. The van der Waals surface area contributed by atoms with Gasteiger partial charge >= 0.3 is 0 Å². The maximum atomic E-state index is 12.4. The summed E-state index contributed by atoms with van der Waals surface area (Å²) in [5.41, 5.74) is 2.75. The van der Waals surface area contributed by atoms with E-state index < -0.39 is 0 Å². The first-order valence-electron chi connectivity index (χ1n) is 8.44. The Bertz CT molecular complexity index is 902. The number of piperidine rings is 1. The summed E-state index contributed by atoms with van der Waals surface area (Å²) in [7, 11) is 0. The minimum Gasteiger partial charge on any atom is -0.314 e. The summed E-state index contributed by atoms with van der Waals surface area (Å²) in [4.78, 5) is 19.7. The number of para-hydroxylation sites is 2. The van der Waals surface area contributed by atoms with E-state index in [2.05, 4.69) is 9.47 Å². The summed E-state index contributed by atoms with van der Waals surface area (Å²) in [6.45, 7) is 6.26. The highest BCUT2D eigenvalue weighted by Crippen LogP contribution is 2.16. The standard InChI is InChI=1S/C18H22N4O/c1-14-13-17(23)22-16-8-4-3-7-15(16)19-18(22)21(14)12-11-20-9-5-2-6-10-20/h3-4,7-8,13H,2,5-6,9-12H2,1H3. The Labute approximate surface area is 135 Å². The molecule has 1 aliphatic rings. The number of hydrogen-bond acceptors (Lipinski definition) is 3. The van der Waals surface area contributed by atoms with Gasteiger partial charge in [-0.25, -0.2) is 9.38 Å². The van der Waals surface area contributed by atoms with Crippen molar-refractivity contribution in [3.05, 3.63) is 46.4 Å². The molecule has 1 aliphatic heterocycles. The number of fused-ring (bicyclic) bond motifs is 3. The molecular formula is C18H22N4O. The highest BCUT2D eigenvalue weighted by Gasteiger charge is 2.14. The number of hydrogen-bond donors (Lipinski definition) is 0. The van der Waals surface area contributed by atoms with Crippen molar-refractivity contribution in [2.45, 2.75) is 32.7 Å². The smallest absolute Gasteiger partial charge is 0.259 e. The van der Waals surface area contributed by atoms with E-state index in [0.717, 1.165) is 35.6 Å². The lowest BCUT2D eigenvalue weighted by Gasteiger charge is -2.27. The Morgan fingerprint density at radius 3 is 2.70 bits per heavy atom. The molecule has 2 aromatic heterocycles. The second-order valence-corrected chi connectivity index (χ2v) is 6.41. The first kappa shape index (κ1) is 14.5. The van der Waals surface area contributed by atoms with Crippen molar-refractivity contribution in [2.24, 2.45) is 0 Å². The van der Waals surface area contributed by atoms with Crippen LogP contribution in [0.4, 0.5) is 0 Å². The van der Waals surface area contributed by atoms with Crippen molar-refractivity contribution >= 4 is 16.8 Å². The van der Waals surface area contributed by atoms with Gasteiger partial charge in [-0.1, -0.05) is 18.6 Å². The molecule has 1 fully saturated rings. The third-order valence-corrected chi connectivity index (χ3v) is 4.85. The Hall–Kier alpha value is -2.14. The molecular weight excluding hydrogens is 288 g/mol. The zero-order valence-electron chi connectivity index (χ0n) is 13.5. The third kappa shape index (κ3) is 2.55. The number of nitrogens with zero attached hydrogens (tertiary/aromatic N) is 4. The van der Waals surface area contributed by atoms with Crippen molar-refractivity contribution in [1.29, 1.82) is 0 Å². The molecule has 0 amide bonds. The predicted octanol–water partition coefficient (Wildman–Crippen LogP) is 2.44. The molecule has 3 heterocycles. The zero-order chi connectivity index (χ0) is 15.8. The van der Waals surface area contributed by atoms with Crippen LogP contribution in [0.15, 0.2) is 35.1 Å². The summed E-state index contributed by atoms with van der Waals surface area (Å²) in [5, 5.41) is 0. The van der Waals surface area contributed by atoms with E-state index in [4.69, 9.17) is 4.98 Å². The number of benzene rings is 1. The molecule has 3 aromatic rings. The fraction of sp³-hybridized carbons (Fsp3) is 0.444. The first-order chi connectivity index (χ1) is 11.2. The van der Waals surface area contributed by atoms with Crippen LogP contribution >= 0.6 is 0 Å². The monoisotopic (exact) mass is 310 g/mol. The lowest BCUT2D eigenvalue weighted by Crippen LogP contribution is -2.33. The quantitative estimate of drug-likeness (QED) is 0.746. The molecule has 0 aliphatic carbocycles. The Morgan fingerprint density at radius 2 is 1.87 bits per heavy atom. The molecule has 0 bridgehead atoms. The van der Waals surface area contributed by atoms with Gasteiger partial charge in [0, 0.05) is 24.8 Å². The fourth-order valence-corrected chi connectivity index (χ4v) is 3.59. The van der Waals surface area contributed by atoms with Crippen LogP contribution in [0.3, 0.4) is 0 Å². The van der Waals surface area contributed by atoms with Crippen molar-refractivity contribution in [2.75, 3.05) is 19.6 Å². The minimum atomic E-state index is 0.000391. The average molecular weight is 310 g/mol. The van der Waals surface area contributed by atoms with Gasteiger partial charge in [0.05, 0.1) is 11.0 Å². The van der Waals surface area contributed by atoms with Gasteiger partial charge in [-0.05, 0) is 45.0 Å². The molecule has 4 rings (SSSR count). The van der Waals surface area contributed by atoms with E-state index in [-0.39, 0.29) is 5.56 Å². The highest BCUT2D eigenvalue weighted by atomic mass is 16.1. The van der Waals surface area contributed by atoms with Crippen LogP contribution in [0.2, 0.25) is 0 Å². The second-order valence-electron chi connectivity index (χ2n) is 6.41. The Kier molecular flexibility index (Phi) is 3.65. The SMILES string of the molecule is Cc1cc(=O)n2c3ccccc3nc2n1CCN1CCCCC1. The van der Waals surface area contributed by atoms with Crippen LogP contribution in [0.1, 0.15) is 25.0 Å². The average Bonchev–Trinajstić information content (AvgIpc) is 2.95. The topological polar surface area (TPSA) is 42.5 Å². The van der Waals surface area contributed by atoms with Gasteiger partial charge in [0.15, 0.2) is 0 Å². The van der Waals surface area contributed by atoms with E-state index in [1.54, 1.807) is 10.5 Å². The number of likely N-dealkylation sites (tertiary alicyclic amines) is 1. The number of aryl methyl sites for hydroxylation is 1. The van der Waals surface area contributed by atoms with Gasteiger partial charge in [-0.3, -0.25) is 4.79 Å². The fourth-order valence-electron chi connectivity index (χ4n) is 3.59. The predicted molar refractivity (Wildman–Crippen MR) is 92.0 cm³/mol. The van der Waals surface area contributed by atoms with Crippen LogP contribution in [0, 0.1) is 6.92 Å². The second kappa shape index (κ2) is 5.81. The van der Waals surface area contributed by atoms with Gasteiger partial charge in [-0.2, -0.15) is 0 Å². The van der Waals surface area contributed by atoms with Crippen LogP contribution < -0.4 is 5.56 Å². The van der Waals surface area contributed by atoms with Crippen molar-refractivity contribution in [3.63, 3.8) is 0 Å². The Balaban J connectivity index is 1.77. The van der Waals surface area contributed by atoms with Crippen LogP contribution in [-0.4, -0.2) is 38.5 Å². The summed E-state index contributed by atoms with van der Waals surface area (Å²) in [6, 6.07) is 9.56. The van der Waals surface area contributed by atoms with Gasteiger partial charge in [-0.15, -0.1) is 0 Å². The molecule has 0 saturated carbocycles. The lowest BCUT2D eigenvalue weighted by molar-refractivity contribution is 0.220. The Morgan fingerprint density at radius 1 is 1.09 bits per heavy atom. The molecule has 5 heteroatoms. The number of aromatic nitrogens is 3. The molecule has 0 N–H and O–H groups in total. The van der Waals surface area contributed by atoms with E-state index in [1.165, 1.54) is 32.4 Å². The van der Waals surface area contributed by atoms with Crippen LogP contribution in [0.5, 0.6) is 0 Å². The third-order valence-electron chi connectivity index (χ3n) is 4.85. The molecule has 0 spiro atoms. The molecule has 0 atom stereocenters. The van der Waals surface area contributed by atoms with Crippen molar-refractivity contribution < 1.29 is 0 Å². The van der Waals surface area contributed by atoms with Crippen LogP contribution in [-0.2, 0) is 6.54 Å². The van der Waals surface area contributed by atoms with Crippen molar-refractivity contribution in [1.82, 2.24) is 18.9 Å². The van der Waals surface area contributed by atoms with Crippen LogP contribution in [0.25, 0.3) is 16.8 Å². The number of imidazole rings is 1. The molecule has 0 radical (unpaired) electrons. The van der Waals surface area contributed by atoms with Gasteiger partial charge in [0.1, 0.15) is 0 Å². The highest BCUT2D eigenvalue weighted by molar-refractivity contribution is 5.79. The van der Waals surface area contributed by atoms with E-state index in [9.17, 15) is 4.79 Å². The van der Waals surface area contributed by atoms with Gasteiger partial charge in [0.25, 0.3) is 5.56 Å². The zero-order valence-corrected chi connectivity index (χ0v) is 13.5. The van der Waals surface area contributed by atoms with Crippen molar-refractivity contribution in [3.8, 4) is 0 Å². The summed E-state index contributed by atoms with van der Waals surface area (Å²) in [6.07, 6.45) is 3.95. The maximum Gasteiger partial charge on any atom is 0.259 e.